The number of hydrogen-bond donors (Lipinski definition) is 1. The van der Waals surface area contributed by atoms with Crippen molar-refractivity contribution in [3.63, 3.8) is 0 Å². The first-order valence-electron chi connectivity index (χ1n) is 9.80. The summed E-state index contributed by atoms with van der Waals surface area (Å²) in [5.74, 6) is 1.75. The van der Waals surface area contributed by atoms with Gasteiger partial charge in [0, 0.05) is 0 Å². The van der Waals surface area contributed by atoms with Gasteiger partial charge in [0.05, 0.1) is 0 Å². The number of fused-ring (bicyclic) bond motifs is 1. The molecule has 2 aliphatic rings. The number of nitrogens with zero attached hydrogens (tertiary/aromatic N) is 6. The number of allylic oxidation sites excluding steroid dienone is 1. The fraction of sp³-hybridized carbons (Fsp3) is 0.238. The van der Waals surface area contributed by atoms with E-state index in [1.807, 2.05) is 6.07 Å². The van der Waals surface area contributed by atoms with Crippen LogP contribution in [0.15, 0.2) is 53.3 Å². The van der Waals surface area contributed by atoms with Crippen LogP contribution in [0.25, 0.3) is 11.3 Å². The average molecular weight is 463 g/mol. The van der Waals surface area contributed by atoms with Crippen LogP contribution in [0, 0.1) is 0 Å². The summed E-state index contributed by atoms with van der Waals surface area (Å²) < 4.78 is 6.85. The third-order valence-electron chi connectivity index (χ3n) is 5.15. The molecule has 3 aromatic rings. The quantitative estimate of drug-likeness (QED) is 0.585. The van der Waals surface area contributed by atoms with Gasteiger partial charge in [-0.05, 0) is 0 Å². The van der Waals surface area contributed by atoms with Gasteiger partial charge in [0.1, 0.15) is 0 Å². The summed E-state index contributed by atoms with van der Waals surface area (Å²) in [5.41, 5.74) is 9.68. The number of benzene rings is 1. The van der Waals surface area contributed by atoms with Gasteiger partial charge in [0.25, 0.3) is 0 Å². The van der Waals surface area contributed by atoms with Crippen LogP contribution in [-0.4, -0.2) is 63.1 Å². The van der Waals surface area contributed by atoms with Crippen molar-refractivity contribution in [1.82, 2.24) is 19.9 Å². The number of para-hydroxylation sites is 1. The first-order chi connectivity index (χ1) is 14.7. The molecule has 1 unspecified atom stereocenters. The fourth-order valence-corrected chi connectivity index (χ4v) is 4.43. The molecule has 152 valence electrons. The molecule has 1 fully saturated rings. The summed E-state index contributed by atoms with van der Waals surface area (Å²) in [6.45, 7) is 2.86. The SMILES string of the molecule is Nc1ncc(-c2cc(N3C=C([AsH2])Cc4ccccc43)nc(N3CCOCC3)n2)cn1. The summed E-state index contributed by atoms with van der Waals surface area (Å²) in [4.78, 5) is 22.3. The standard InChI is InChI=1S/C21H22AsN7O/c22-16-9-14-3-1-2-4-18(14)29(13-16)19-10-17(15-11-24-20(23)25-12-15)26-21(27-19)28-5-7-30-8-6-28/h1-4,10-13H,5-9,22H2,(H2,23,24,25). The molecule has 1 aromatic carbocycles. The number of nitrogen functional groups attached to an aromatic ring is 1. The van der Waals surface area contributed by atoms with Crippen molar-refractivity contribution < 1.29 is 4.74 Å². The Kier molecular flexibility index (Phi) is 5.10. The zero-order chi connectivity index (χ0) is 20.5. The van der Waals surface area contributed by atoms with E-state index in [4.69, 9.17) is 20.4 Å². The van der Waals surface area contributed by atoms with E-state index in [0.29, 0.717) is 19.2 Å². The monoisotopic (exact) mass is 463 g/mol. The zero-order valence-corrected chi connectivity index (χ0v) is 18.8. The van der Waals surface area contributed by atoms with Gasteiger partial charge in [-0.25, -0.2) is 0 Å². The molecule has 2 aromatic heterocycles. The fourth-order valence-electron chi connectivity index (χ4n) is 3.65. The van der Waals surface area contributed by atoms with E-state index >= 15 is 0 Å². The second-order valence-corrected chi connectivity index (χ2v) is 8.78. The molecule has 1 atom stereocenters. The number of anilines is 4. The Labute approximate surface area is 183 Å². The van der Waals surface area contributed by atoms with Gasteiger partial charge in [-0.3, -0.25) is 0 Å². The van der Waals surface area contributed by atoms with Crippen LogP contribution in [0.2, 0.25) is 0 Å². The summed E-state index contributed by atoms with van der Waals surface area (Å²) in [5, 5.41) is 0. The van der Waals surface area contributed by atoms with E-state index in [0.717, 1.165) is 42.3 Å². The molecule has 0 radical (unpaired) electrons. The Balaban J connectivity index is 1.64. The topological polar surface area (TPSA) is 93.3 Å². The summed E-state index contributed by atoms with van der Waals surface area (Å²) in [6, 6.07) is 10.4. The Hall–Kier alpha value is -2.96. The first-order valence-corrected chi connectivity index (χ1v) is 11.0. The second-order valence-electron chi connectivity index (χ2n) is 7.22. The van der Waals surface area contributed by atoms with E-state index in [2.05, 4.69) is 50.2 Å². The molecule has 30 heavy (non-hydrogen) atoms. The average Bonchev–Trinajstić information content (AvgIpc) is 2.79. The zero-order valence-electron chi connectivity index (χ0n) is 16.4. The summed E-state index contributed by atoms with van der Waals surface area (Å²) in [7, 11) is 0. The van der Waals surface area contributed by atoms with E-state index in [1.165, 1.54) is 9.92 Å². The van der Waals surface area contributed by atoms with Crippen LogP contribution in [0.1, 0.15) is 5.56 Å². The van der Waals surface area contributed by atoms with E-state index in [1.54, 1.807) is 29.2 Å². The van der Waals surface area contributed by atoms with Crippen LogP contribution >= 0.6 is 0 Å². The molecule has 2 N–H and O–H groups in total. The maximum atomic E-state index is 5.68. The van der Waals surface area contributed by atoms with Gasteiger partial charge in [0.15, 0.2) is 0 Å². The third kappa shape index (κ3) is 3.76. The molecular formula is C21H22AsN7O. The van der Waals surface area contributed by atoms with Crippen LogP contribution in [0.4, 0.5) is 23.4 Å². The molecule has 8 nitrogen and oxygen atoms in total. The Bertz CT molecular complexity index is 1100. The van der Waals surface area contributed by atoms with Crippen molar-refractivity contribution in [2.75, 3.05) is 41.8 Å². The van der Waals surface area contributed by atoms with Gasteiger partial charge >= 0.3 is 183 Å². The Morgan fingerprint density at radius 3 is 2.60 bits per heavy atom. The van der Waals surface area contributed by atoms with Crippen LogP contribution in [0.3, 0.4) is 0 Å². The van der Waals surface area contributed by atoms with E-state index in [-0.39, 0.29) is 5.95 Å². The van der Waals surface area contributed by atoms with Crippen LogP contribution in [-0.2, 0) is 11.2 Å². The summed E-state index contributed by atoms with van der Waals surface area (Å²) in [6.07, 6.45) is 6.54. The van der Waals surface area contributed by atoms with Gasteiger partial charge in [-0.15, -0.1) is 0 Å². The molecule has 0 saturated carbocycles. The number of aromatic nitrogens is 4. The second kappa shape index (κ2) is 8.05. The van der Waals surface area contributed by atoms with Crippen LogP contribution < -0.4 is 15.5 Å². The van der Waals surface area contributed by atoms with Crippen LogP contribution in [0.5, 0.6) is 0 Å². The minimum atomic E-state index is 0.243. The van der Waals surface area contributed by atoms with Gasteiger partial charge in [-0.1, -0.05) is 0 Å². The molecule has 9 heteroatoms. The molecule has 2 aliphatic heterocycles. The van der Waals surface area contributed by atoms with Gasteiger partial charge in [-0.2, -0.15) is 0 Å². The number of hydrogen-bond acceptors (Lipinski definition) is 8. The molecule has 0 amide bonds. The number of ether oxygens (including phenoxy) is 1. The van der Waals surface area contributed by atoms with Crippen molar-refractivity contribution in [3.05, 3.63) is 58.8 Å². The maximum absolute atomic E-state index is 5.68. The number of rotatable bonds is 3. The number of nitrogens with two attached hydrogens (primary N) is 1. The summed E-state index contributed by atoms with van der Waals surface area (Å²) >= 11 is 1.63. The predicted octanol–water partition coefficient (Wildman–Crippen LogP) is 1.52. The number of morpholine rings is 1. The van der Waals surface area contributed by atoms with E-state index in [9.17, 15) is 0 Å². The van der Waals surface area contributed by atoms with Crippen molar-refractivity contribution in [2.45, 2.75) is 6.42 Å². The molecule has 0 aliphatic carbocycles. The Morgan fingerprint density at radius 2 is 1.80 bits per heavy atom. The normalized spacial score (nSPS) is 16.2. The molecule has 0 bridgehead atoms. The minimum absolute atomic E-state index is 0.243. The first kappa shape index (κ1) is 19.0. The third-order valence-corrected chi connectivity index (χ3v) is 5.89. The van der Waals surface area contributed by atoms with Crippen molar-refractivity contribution >= 4 is 40.3 Å². The van der Waals surface area contributed by atoms with Crippen molar-refractivity contribution in [3.8, 4) is 11.3 Å². The van der Waals surface area contributed by atoms with Gasteiger partial charge < -0.3 is 0 Å². The predicted molar refractivity (Wildman–Crippen MR) is 119 cm³/mol. The molecule has 0 spiro atoms. The molecule has 1 saturated heterocycles. The Morgan fingerprint density at radius 1 is 1.03 bits per heavy atom. The molecule has 4 heterocycles. The van der Waals surface area contributed by atoms with Crippen molar-refractivity contribution in [1.29, 1.82) is 0 Å². The molecule has 5 rings (SSSR count). The van der Waals surface area contributed by atoms with Gasteiger partial charge in [0.2, 0.25) is 0 Å². The van der Waals surface area contributed by atoms with Crippen molar-refractivity contribution in [2.24, 2.45) is 0 Å². The molecular weight excluding hydrogens is 441 g/mol. The van der Waals surface area contributed by atoms with E-state index < -0.39 is 0 Å².